The maximum atomic E-state index is 9.70. The van der Waals surface area contributed by atoms with Gasteiger partial charge in [0.15, 0.2) is 0 Å². The number of hydrogen-bond donors (Lipinski definition) is 1. The zero-order valence-electron chi connectivity index (χ0n) is 4.60. The molecule has 0 rings (SSSR count). The minimum Gasteiger partial charge on any atom is -0.257 e. The largest absolute Gasteiger partial charge is 0.515 e. The fraction of sp³-hybridized carbons (Fsp3) is 1.00. The van der Waals surface area contributed by atoms with E-state index >= 15 is 0 Å². The molecule has 52 valence electrons. The Kier molecular flexibility index (Phi) is 1.67. The van der Waals surface area contributed by atoms with E-state index in [1.807, 2.05) is 0 Å². The lowest BCUT2D eigenvalue weighted by atomic mass is 10.5. The standard InChI is InChI=1S/C2H5N3O4/c1-2(3,4(6)7)5(8)9/h3H2,1H3. The molecule has 7 nitrogen and oxygen atoms in total. The number of hydrogen-bond acceptors (Lipinski definition) is 5. The van der Waals surface area contributed by atoms with Crippen molar-refractivity contribution in [3.8, 4) is 0 Å². The Bertz CT molecular complexity index is 136. The lowest BCUT2D eigenvalue weighted by Crippen LogP contribution is -2.51. The molecule has 0 aromatic carbocycles. The van der Waals surface area contributed by atoms with Crippen LogP contribution in [0.5, 0.6) is 0 Å². The van der Waals surface area contributed by atoms with E-state index in [1.54, 1.807) is 0 Å². The van der Waals surface area contributed by atoms with E-state index in [-0.39, 0.29) is 0 Å². The minimum atomic E-state index is -2.56. The fourth-order valence-electron chi connectivity index (χ4n) is 0.0667. The maximum absolute atomic E-state index is 9.70. The van der Waals surface area contributed by atoms with Crippen LogP contribution in [0.15, 0.2) is 0 Å². The first-order valence-corrected chi connectivity index (χ1v) is 1.97. The highest BCUT2D eigenvalue weighted by Gasteiger charge is 2.45. The van der Waals surface area contributed by atoms with Gasteiger partial charge in [0.1, 0.15) is 9.85 Å². The molecule has 9 heavy (non-hydrogen) atoms. The van der Waals surface area contributed by atoms with Gasteiger partial charge in [-0.15, -0.1) is 0 Å². The number of nitro groups is 2. The molecular weight excluding hydrogens is 130 g/mol. The van der Waals surface area contributed by atoms with Crippen LogP contribution >= 0.6 is 0 Å². The van der Waals surface area contributed by atoms with Gasteiger partial charge in [0.25, 0.3) is 0 Å². The Morgan fingerprint density at radius 2 is 1.56 bits per heavy atom. The first kappa shape index (κ1) is 7.76. The fourth-order valence-corrected chi connectivity index (χ4v) is 0.0667. The van der Waals surface area contributed by atoms with Gasteiger partial charge in [0.2, 0.25) is 0 Å². The van der Waals surface area contributed by atoms with Crippen molar-refractivity contribution in [3.05, 3.63) is 20.2 Å². The van der Waals surface area contributed by atoms with Crippen LogP contribution < -0.4 is 5.73 Å². The molecule has 0 fully saturated rings. The molecule has 0 spiro atoms. The van der Waals surface area contributed by atoms with Crippen molar-refractivity contribution in [1.82, 2.24) is 0 Å². The normalized spacial score (nSPS) is 10.9. The van der Waals surface area contributed by atoms with E-state index in [0.717, 1.165) is 0 Å². The predicted octanol–water partition coefficient (Wildman–Crippen LogP) is -0.828. The van der Waals surface area contributed by atoms with Gasteiger partial charge < -0.3 is 0 Å². The second kappa shape index (κ2) is 1.94. The molecule has 0 saturated heterocycles. The molecule has 0 aliphatic heterocycles. The quantitative estimate of drug-likeness (QED) is 0.301. The first-order chi connectivity index (χ1) is 3.89. The van der Waals surface area contributed by atoms with E-state index in [1.165, 1.54) is 0 Å². The maximum Gasteiger partial charge on any atom is 0.515 e. The molecule has 0 aromatic heterocycles. The third-order valence-electron chi connectivity index (χ3n) is 0.739. The Hall–Kier alpha value is -1.24. The van der Waals surface area contributed by atoms with Crippen LogP contribution in [0.2, 0.25) is 0 Å². The van der Waals surface area contributed by atoms with Crippen molar-refractivity contribution >= 4 is 0 Å². The number of nitrogens with two attached hydrogens (primary N) is 1. The summed E-state index contributed by atoms with van der Waals surface area (Å²) in [5.41, 5.74) is 4.60. The molecule has 0 amide bonds. The second-order valence-electron chi connectivity index (χ2n) is 1.61. The lowest BCUT2D eigenvalue weighted by Gasteiger charge is -2.03. The lowest BCUT2D eigenvalue weighted by molar-refractivity contribution is -0.791. The van der Waals surface area contributed by atoms with Crippen molar-refractivity contribution in [3.63, 3.8) is 0 Å². The van der Waals surface area contributed by atoms with Crippen molar-refractivity contribution in [1.29, 1.82) is 0 Å². The van der Waals surface area contributed by atoms with Crippen molar-refractivity contribution in [2.24, 2.45) is 5.73 Å². The Balaban J connectivity index is 4.38. The Labute approximate surface area is 49.8 Å². The first-order valence-electron chi connectivity index (χ1n) is 1.97. The van der Waals surface area contributed by atoms with Crippen molar-refractivity contribution < 1.29 is 9.85 Å². The molecule has 0 bridgehead atoms. The van der Waals surface area contributed by atoms with Gasteiger partial charge in [-0.25, -0.2) is 0 Å². The summed E-state index contributed by atoms with van der Waals surface area (Å²) in [5, 5.41) is 19.4. The van der Waals surface area contributed by atoms with Crippen LogP contribution in [0.3, 0.4) is 0 Å². The molecule has 7 heteroatoms. The third kappa shape index (κ3) is 1.32. The summed E-state index contributed by atoms with van der Waals surface area (Å²) >= 11 is 0. The van der Waals surface area contributed by atoms with E-state index in [0.29, 0.717) is 6.92 Å². The Morgan fingerprint density at radius 1 is 1.33 bits per heavy atom. The summed E-state index contributed by atoms with van der Waals surface area (Å²) < 4.78 is 0. The second-order valence-corrected chi connectivity index (χ2v) is 1.61. The monoisotopic (exact) mass is 135 g/mol. The molecule has 0 aliphatic carbocycles. The molecule has 0 saturated carbocycles. The van der Waals surface area contributed by atoms with Crippen LogP contribution in [-0.4, -0.2) is 15.6 Å². The summed E-state index contributed by atoms with van der Waals surface area (Å²) in [7, 11) is 0. The molecular formula is C2H5N3O4. The van der Waals surface area contributed by atoms with E-state index in [4.69, 9.17) is 0 Å². The van der Waals surface area contributed by atoms with Gasteiger partial charge in [-0.1, -0.05) is 0 Å². The van der Waals surface area contributed by atoms with Gasteiger partial charge in [0, 0.05) is 0 Å². The third-order valence-corrected chi connectivity index (χ3v) is 0.739. The van der Waals surface area contributed by atoms with Crippen LogP contribution in [0.4, 0.5) is 0 Å². The SMILES string of the molecule is CC(N)([N+](=O)[O-])[N+](=O)[O-]. The highest BCUT2D eigenvalue weighted by atomic mass is 16.7. The highest BCUT2D eigenvalue weighted by Crippen LogP contribution is 1.98. The number of rotatable bonds is 2. The van der Waals surface area contributed by atoms with E-state index in [2.05, 4.69) is 5.73 Å². The average Bonchev–Trinajstić information content (AvgIpc) is 1.65. The Morgan fingerprint density at radius 3 is 1.56 bits per heavy atom. The summed E-state index contributed by atoms with van der Waals surface area (Å²) in [6.45, 7) is 0.715. The van der Waals surface area contributed by atoms with Gasteiger partial charge in [-0.05, 0) is 0 Å². The van der Waals surface area contributed by atoms with Crippen molar-refractivity contribution in [2.45, 2.75) is 12.7 Å². The summed E-state index contributed by atoms with van der Waals surface area (Å²) in [6.07, 6.45) is 0. The van der Waals surface area contributed by atoms with Crippen LogP contribution in [0.1, 0.15) is 6.92 Å². The smallest absolute Gasteiger partial charge is 0.257 e. The topological polar surface area (TPSA) is 112 Å². The van der Waals surface area contributed by atoms with Gasteiger partial charge in [-0.2, -0.15) is 5.73 Å². The van der Waals surface area contributed by atoms with Crippen LogP contribution in [-0.2, 0) is 0 Å². The summed E-state index contributed by atoms with van der Waals surface area (Å²) in [4.78, 5) is 17.1. The van der Waals surface area contributed by atoms with Crippen LogP contribution in [0, 0.1) is 20.2 Å². The molecule has 2 N–H and O–H groups in total. The summed E-state index contributed by atoms with van der Waals surface area (Å²) in [6, 6.07) is 0. The molecule has 0 unspecified atom stereocenters. The zero-order valence-corrected chi connectivity index (χ0v) is 4.60. The van der Waals surface area contributed by atoms with Crippen LogP contribution in [0.25, 0.3) is 0 Å². The number of nitrogens with zero attached hydrogens (tertiary/aromatic N) is 2. The van der Waals surface area contributed by atoms with Gasteiger partial charge in [0.05, 0.1) is 6.92 Å². The minimum absolute atomic E-state index is 0.715. The summed E-state index contributed by atoms with van der Waals surface area (Å²) in [5.74, 6) is -2.56. The molecule has 0 aromatic rings. The zero-order chi connectivity index (χ0) is 7.65. The molecule has 0 aliphatic rings. The van der Waals surface area contributed by atoms with E-state index < -0.39 is 15.6 Å². The van der Waals surface area contributed by atoms with E-state index in [9.17, 15) is 20.2 Å². The highest BCUT2D eigenvalue weighted by molar-refractivity contribution is 4.44. The van der Waals surface area contributed by atoms with Gasteiger partial charge >= 0.3 is 5.79 Å². The predicted molar refractivity (Wildman–Crippen MR) is 26.6 cm³/mol. The molecule has 0 heterocycles. The average molecular weight is 135 g/mol. The van der Waals surface area contributed by atoms with Gasteiger partial charge in [-0.3, -0.25) is 20.2 Å². The molecule has 0 atom stereocenters. The van der Waals surface area contributed by atoms with Crippen molar-refractivity contribution in [2.75, 3.05) is 0 Å². The molecule has 0 radical (unpaired) electrons.